The van der Waals surface area contributed by atoms with Crippen LogP contribution in [0.15, 0.2) is 64.1 Å². The summed E-state index contributed by atoms with van der Waals surface area (Å²) < 4.78 is 0. The van der Waals surface area contributed by atoms with E-state index in [9.17, 15) is 14.4 Å². The lowest BCUT2D eigenvalue weighted by Gasteiger charge is -2.39. The third-order valence-corrected chi connectivity index (χ3v) is 11.5. The largest absolute Gasteiger partial charge is 0.348 e. The molecule has 3 saturated heterocycles. The Morgan fingerprint density at radius 3 is 2.37 bits per heavy atom. The van der Waals surface area contributed by atoms with Crippen LogP contribution in [0.3, 0.4) is 0 Å². The summed E-state index contributed by atoms with van der Waals surface area (Å²) in [7, 11) is 2.00. The maximum Gasteiger partial charge on any atom is 0.263 e. The second kappa shape index (κ2) is 11.9. The van der Waals surface area contributed by atoms with Gasteiger partial charge < -0.3 is 24.9 Å². The Kier molecular flexibility index (Phi) is 8.15. The van der Waals surface area contributed by atoms with Crippen molar-refractivity contribution in [3.8, 4) is 0 Å². The molecule has 3 fully saturated rings. The van der Waals surface area contributed by atoms with Gasteiger partial charge in [-0.25, -0.2) is 4.99 Å². The van der Waals surface area contributed by atoms with Gasteiger partial charge in [0.1, 0.15) is 23.0 Å². The fourth-order valence-electron chi connectivity index (χ4n) is 7.85. The number of fused-ring (bicyclic) bond motifs is 2. The number of allylic oxidation sites excluding steroid dienone is 1. The molecular formula is C34H38Cl2N6O3S. The molecule has 0 radical (unpaired) electrons. The van der Waals surface area contributed by atoms with Gasteiger partial charge in [0, 0.05) is 35.4 Å². The molecule has 12 heteroatoms. The number of aliphatic imine (C=N–C) groups is 1. The van der Waals surface area contributed by atoms with Crippen molar-refractivity contribution in [1.29, 1.82) is 0 Å². The molecule has 2 aromatic rings. The molecule has 0 aromatic heterocycles. The lowest BCUT2D eigenvalue weighted by molar-refractivity contribution is -0.148. The van der Waals surface area contributed by atoms with E-state index in [0.717, 1.165) is 28.4 Å². The third kappa shape index (κ3) is 5.21. The van der Waals surface area contributed by atoms with Crippen molar-refractivity contribution < 1.29 is 14.4 Å². The van der Waals surface area contributed by atoms with E-state index in [4.69, 9.17) is 28.2 Å². The highest BCUT2D eigenvalue weighted by atomic mass is 35.5. The minimum Gasteiger partial charge on any atom is -0.348 e. The van der Waals surface area contributed by atoms with E-state index >= 15 is 0 Å². The number of benzene rings is 2. The molecular weight excluding hydrogens is 643 g/mol. The van der Waals surface area contributed by atoms with Crippen LogP contribution in [0.1, 0.15) is 50.8 Å². The number of rotatable bonds is 5. The molecule has 5 aliphatic rings. The summed E-state index contributed by atoms with van der Waals surface area (Å²) >= 11 is 14.0. The highest BCUT2D eigenvalue weighted by Crippen LogP contribution is 2.56. The van der Waals surface area contributed by atoms with Crippen LogP contribution in [0, 0.1) is 5.92 Å². The first kappa shape index (κ1) is 31.5. The van der Waals surface area contributed by atoms with E-state index in [1.807, 2.05) is 55.6 Å². The Morgan fingerprint density at radius 2 is 1.70 bits per heavy atom. The minimum atomic E-state index is -0.665. The number of carbonyl (C=O) groups is 3. The molecule has 0 unspecified atom stereocenters. The van der Waals surface area contributed by atoms with Crippen LogP contribution >= 0.6 is 35.0 Å². The normalized spacial score (nSPS) is 29.4. The SMILES string of the molecule is CC(C)C1=C(C(=O)N2CCC[C@@H]2C(=O)N2CC(=O)N[C@H]3CN(C)C[C@@H]32)SC2=N[C@@](C)(c3ccc(Cl)cc3)[C@@H](c3ccc(Cl)cc3)N21. The first-order valence-corrected chi connectivity index (χ1v) is 17.5. The molecule has 0 bridgehead atoms. The number of hydrogen-bond donors (Lipinski definition) is 1. The van der Waals surface area contributed by atoms with Gasteiger partial charge in [0.15, 0.2) is 5.17 Å². The smallest absolute Gasteiger partial charge is 0.263 e. The van der Waals surface area contributed by atoms with Gasteiger partial charge in [-0.1, -0.05) is 61.3 Å². The zero-order chi connectivity index (χ0) is 32.5. The van der Waals surface area contributed by atoms with Gasteiger partial charge in [0.05, 0.1) is 18.1 Å². The van der Waals surface area contributed by atoms with Crippen LogP contribution in [0.2, 0.25) is 10.0 Å². The van der Waals surface area contributed by atoms with E-state index < -0.39 is 11.6 Å². The van der Waals surface area contributed by atoms with Gasteiger partial charge in [0.2, 0.25) is 11.8 Å². The molecule has 7 rings (SSSR count). The van der Waals surface area contributed by atoms with E-state index in [2.05, 4.69) is 35.9 Å². The summed E-state index contributed by atoms with van der Waals surface area (Å²) in [6.45, 7) is 8.24. The number of thioether (sulfide) groups is 1. The highest BCUT2D eigenvalue weighted by Gasteiger charge is 2.54. The van der Waals surface area contributed by atoms with Crippen molar-refractivity contribution >= 4 is 57.9 Å². The highest BCUT2D eigenvalue weighted by molar-refractivity contribution is 8.18. The summed E-state index contributed by atoms with van der Waals surface area (Å²) in [5.74, 6) is -0.425. The third-order valence-electron chi connectivity index (χ3n) is 9.98. The number of amides is 3. The fraction of sp³-hybridized carbons (Fsp3) is 0.471. The monoisotopic (exact) mass is 680 g/mol. The number of piperazine rings is 1. The lowest BCUT2D eigenvalue weighted by atomic mass is 9.81. The van der Waals surface area contributed by atoms with E-state index in [1.165, 1.54) is 11.8 Å². The second-order valence-electron chi connectivity index (χ2n) is 13.4. The molecule has 2 aromatic carbocycles. The Labute approximate surface area is 283 Å². The molecule has 3 amide bonds. The number of amidine groups is 1. The van der Waals surface area contributed by atoms with E-state index in [-0.39, 0.29) is 48.3 Å². The number of hydrogen-bond acceptors (Lipinski definition) is 7. The first-order chi connectivity index (χ1) is 22.0. The predicted molar refractivity (Wildman–Crippen MR) is 181 cm³/mol. The molecule has 9 nitrogen and oxygen atoms in total. The van der Waals surface area contributed by atoms with Gasteiger partial charge in [0.25, 0.3) is 5.91 Å². The summed E-state index contributed by atoms with van der Waals surface area (Å²) in [6, 6.07) is 14.6. The number of likely N-dealkylation sites (N-methyl/N-ethyl adjacent to an activating group) is 1. The summed E-state index contributed by atoms with van der Waals surface area (Å²) in [6.07, 6.45) is 1.31. The molecule has 0 aliphatic carbocycles. The van der Waals surface area contributed by atoms with Gasteiger partial charge >= 0.3 is 0 Å². The molecule has 0 saturated carbocycles. The van der Waals surface area contributed by atoms with Crippen molar-refractivity contribution in [1.82, 2.24) is 24.9 Å². The average Bonchev–Trinajstić information content (AvgIpc) is 3.78. The molecule has 5 aliphatic heterocycles. The van der Waals surface area contributed by atoms with Crippen LogP contribution in [0.25, 0.3) is 0 Å². The standard InChI is InChI=1S/C34H38Cl2N6O3S/c1-19(2)28-29(32(45)40-15-5-6-25(40)31(44)41-18-27(43)37-24-16-39(4)17-26(24)41)46-33-38-34(3,21-9-13-23(36)14-10-21)30(42(28)33)20-7-11-22(35)12-8-20/h7-14,19,24-26,30H,5-6,15-18H2,1-4H3,(H,37,43)/t24-,25+,26-,30+,34-/m0/s1. The van der Waals surface area contributed by atoms with Crippen LogP contribution in [0.5, 0.6) is 0 Å². The summed E-state index contributed by atoms with van der Waals surface area (Å²) in [5, 5.41) is 5.11. The van der Waals surface area contributed by atoms with Gasteiger partial charge in [-0.15, -0.1) is 0 Å². The Hall–Kier alpha value is -3.05. The van der Waals surface area contributed by atoms with Crippen molar-refractivity contribution in [3.63, 3.8) is 0 Å². The topological polar surface area (TPSA) is 88.6 Å². The molecule has 5 heterocycles. The number of likely N-dealkylation sites (tertiary alicyclic amines) is 2. The quantitative estimate of drug-likeness (QED) is 0.485. The Balaban J connectivity index is 1.24. The van der Waals surface area contributed by atoms with Crippen LogP contribution in [-0.2, 0) is 19.9 Å². The fourth-order valence-corrected chi connectivity index (χ4v) is 9.47. The Morgan fingerprint density at radius 1 is 1.02 bits per heavy atom. The van der Waals surface area contributed by atoms with Crippen LogP contribution in [0.4, 0.5) is 0 Å². The lowest BCUT2D eigenvalue weighted by Crippen LogP contribution is -2.64. The number of carbonyl (C=O) groups excluding carboxylic acids is 3. The summed E-state index contributed by atoms with van der Waals surface area (Å²) in [5.41, 5.74) is 2.28. The zero-order valence-corrected chi connectivity index (χ0v) is 28.7. The number of nitrogens with one attached hydrogen (secondary N) is 1. The maximum absolute atomic E-state index is 14.6. The molecule has 0 spiro atoms. The van der Waals surface area contributed by atoms with Gasteiger partial charge in [-0.05, 0) is 79.9 Å². The maximum atomic E-state index is 14.6. The average molecular weight is 682 g/mol. The molecule has 242 valence electrons. The number of halogens is 2. The van der Waals surface area contributed by atoms with E-state index in [1.54, 1.807) is 9.80 Å². The Bertz CT molecular complexity index is 1650. The number of nitrogens with zero attached hydrogens (tertiary/aromatic N) is 5. The first-order valence-electron chi connectivity index (χ1n) is 15.9. The van der Waals surface area contributed by atoms with Gasteiger partial charge in [-0.2, -0.15) is 0 Å². The molecule has 46 heavy (non-hydrogen) atoms. The minimum absolute atomic E-state index is 0.00107. The second-order valence-corrected chi connectivity index (χ2v) is 15.3. The van der Waals surface area contributed by atoms with Gasteiger partial charge in [-0.3, -0.25) is 14.4 Å². The molecule has 5 atom stereocenters. The zero-order valence-electron chi connectivity index (χ0n) is 26.4. The van der Waals surface area contributed by atoms with Crippen molar-refractivity contribution in [3.05, 3.63) is 80.3 Å². The predicted octanol–water partition coefficient (Wildman–Crippen LogP) is 4.87. The van der Waals surface area contributed by atoms with Crippen molar-refractivity contribution in [2.75, 3.05) is 33.2 Å². The van der Waals surface area contributed by atoms with Crippen molar-refractivity contribution in [2.24, 2.45) is 10.9 Å². The summed E-state index contributed by atoms with van der Waals surface area (Å²) in [4.78, 5) is 55.0. The molecule has 1 N–H and O–H groups in total. The van der Waals surface area contributed by atoms with E-state index in [0.29, 0.717) is 41.0 Å². The van der Waals surface area contributed by atoms with Crippen LogP contribution < -0.4 is 5.32 Å². The van der Waals surface area contributed by atoms with Crippen molar-refractivity contribution in [2.45, 2.75) is 63.3 Å². The van der Waals surface area contributed by atoms with Crippen LogP contribution in [-0.4, -0.2) is 93.8 Å².